The molecule has 90 valence electrons. The van der Waals surface area contributed by atoms with Gasteiger partial charge in [0.25, 0.3) is 0 Å². The van der Waals surface area contributed by atoms with Gasteiger partial charge in [-0.2, -0.15) is 0 Å². The minimum atomic E-state index is 0.749. The summed E-state index contributed by atoms with van der Waals surface area (Å²) in [4.78, 5) is 3.56. The molecular weight excluding hydrogens is 276 g/mol. The number of aromatic nitrogens is 1. The van der Waals surface area contributed by atoms with Gasteiger partial charge in [-0.05, 0) is 40.8 Å². The van der Waals surface area contributed by atoms with Crippen molar-refractivity contribution in [2.45, 2.75) is 38.8 Å². The van der Waals surface area contributed by atoms with E-state index in [0.29, 0.717) is 0 Å². The highest BCUT2D eigenvalue weighted by Gasteiger charge is 2.21. The third kappa shape index (κ3) is 2.14. The second-order valence-electron chi connectivity index (χ2n) is 4.77. The molecule has 3 heteroatoms. The van der Waals surface area contributed by atoms with Crippen molar-refractivity contribution in [3.63, 3.8) is 0 Å². The minimum Gasteiger partial charge on any atom is -0.356 e. The zero-order valence-corrected chi connectivity index (χ0v) is 11.6. The fraction of sp³-hybridized carbons (Fsp3) is 0.429. The molecule has 0 bridgehead atoms. The molecule has 1 heterocycles. The highest BCUT2D eigenvalue weighted by atomic mass is 79.9. The van der Waals surface area contributed by atoms with Crippen LogP contribution in [0.25, 0.3) is 10.9 Å². The fourth-order valence-corrected chi connectivity index (χ4v) is 2.82. The van der Waals surface area contributed by atoms with Gasteiger partial charge in [-0.1, -0.05) is 25.1 Å². The number of benzene rings is 1. The van der Waals surface area contributed by atoms with Crippen LogP contribution in [0.2, 0.25) is 0 Å². The Bertz CT molecular complexity index is 540. The summed E-state index contributed by atoms with van der Waals surface area (Å²) in [6.07, 6.45) is 3.73. The van der Waals surface area contributed by atoms with E-state index in [2.05, 4.69) is 51.4 Å². The molecule has 0 unspecified atom stereocenters. The van der Waals surface area contributed by atoms with E-state index in [0.717, 1.165) is 19.0 Å². The van der Waals surface area contributed by atoms with Crippen LogP contribution in [-0.4, -0.2) is 11.0 Å². The van der Waals surface area contributed by atoms with Gasteiger partial charge < -0.3 is 10.3 Å². The standard InChI is InChI=1S/C14H17BrN2/c1-2-9-4-3-5-11-13(15)12(17-14(9)11)8-16-10-6-7-10/h3-5,10,16-17H,2,6-8H2,1H3. The predicted octanol–water partition coefficient (Wildman–Crippen LogP) is 3.74. The molecule has 2 aromatic rings. The van der Waals surface area contributed by atoms with Crippen LogP contribution in [0.3, 0.4) is 0 Å². The molecule has 0 amide bonds. The summed E-state index contributed by atoms with van der Waals surface area (Å²) in [5, 5.41) is 4.85. The molecular formula is C14H17BrN2. The Morgan fingerprint density at radius 2 is 2.24 bits per heavy atom. The van der Waals surface area contributed by atoms with E-state index in [1.807, 2.05) is 0 Å². The lowest BCUT2D eigenvalue weighted by Crippen LogP contribution is -2.15. The summed E-state index contributed by atoms with van der Waals surface area (Å²) in [5.74, 6) is 0. The second-order valence-corrected chi connectivity index (χ2v) is 5.56. The van der Waals surface area contributed by atoms with Crippen LogP contribution in [0.4, 0.5) is 0 Å². The molecule has 17 heavy (non-hydrogen) atoms. The fourth-order valence-electron chi connectivity index (χ4n) is 2.25. The molecule has 1 aliphatic carbocycles. The molecule has 1 aromatic heterocycles. The van der Waals surface area contributed by atoms with Crippen molar-refractivity contribution in [3.05, 3.63) is 33.9 Å². The summed E-state index contributed by atoms with van der Waals surface area (Å²) in [6.45, 7) is 3.13. The van der Waals surface area contributed by atoms with E-state index in [9.17, 15) is 0 Å². The van der Waals surface area contributed by atoms with Crippen molar-refractivity contribution in [2.75, 3.05) is 0 Å². The highest BCUT2D eigenvalue weighted by Crippen LogP contribution is 2.30. The maximum Gasteiger partial charge on any atom is 0.0500 e. The van der Waals surface area contributed by atoms with E-state index >= 15 is 0 Å². The van der Waals surface area contributed by atoms with Crippen LogP contribution >= 0.6 is 15.9 Å². The van der Waals surface area contributed by atoms with Gasteiger partial charge in [-0.15, -0.1) is 0 Å². The number of aryl methyl sites for hydroxylation is 1. The van der Waals surface area contributed by atoms with Crippen molar-refractivity contribution in [3.8, 4) is 0 Å². The van der Waals surface area contributed by atoms with Crippen LogP contribution in [-0.2, 0) is 13.0 Å². The zero-order valence-electron chi connectivity index (χ0n) is 10.0. The molecule has 0 spiro atoms. The lowest BCUT2D eigenvalue weighted by molar-refractivity contribution is 0.676. The van der Waals surface area contributed by atoms with Gasteiger partial charge in [0.15, 0.2) is 0 Å². The highest BCUT2D eigenvalue weighted by molar-refractivity contribution is 9.10. The maximum absolute atomic E-state index is 3.71. The summed E-state index contributed by atoms with van der Waals surface area (Å²) >= 11 is 3.71. The number of fused-ring (bicyclic) bond motifs is 1. The largest absolute Gasteiger partial charge is 0.356 e. The van der Waals surface area contributed by atoms with Crippen LogP contribution in [0, 0.1) is 0 Å². The van der Waals surface area contributed by atoms with Gasteiger partial charge in [0.2, 0.25) is 0 Å². The SMILES string of the molecule is CCc1cccc2c(Br)c(CNC3CC3)[nH]c12. The van der Waals surface area contributed by atoms with Gasteiger partial charge in [0.05, 0.1) is 5.52 Å². The van der Waals surface area contributed by atoms with Gasteiger partial charge >= 0.3 is 0 Å². The van der Waals surface area contributed by atoms with Crippen molar-refractivity contribution in [1.82, 2.24) is 10.3 Å². The molecule has 2 N–H and O–H groups in total. The van der Waals surface area contributed by atoms with Crippen LogP contribution < -0.4 is 5.32 Å². The topological polar surface area (TPSA) is 27.8 Å². The first-order valence-corrected chi connectivity index (χ1v) is 7.10. The van der Waals surface area contributed by atoms with E-state index in [1.165, 1.54) is 39.5 Å². The average molecular weight is 293 g/mol. The molecule has 0 radical (unpaired) electrons. The number of aromatic amines is 1. The number of hydrogen-bond donors (Lipinski definition) is 2. The summed E-state index contributed by atoms with van der Waals surface area (Å²) in [6, 6.07) is 7.26. The summed E-state index contributed by atoms with van der Waals surface area (Å²) in [5.41, 5.74) is 3.95. The third-order valence-electron chi connectivity index (χ3n) is 3.45. The summed E-state index contributed by atoms with van der Waals surface area (Å²) in [7, 11) is 0. The first kappa shape index (κ1) is 11.3. The number of rotatable bonds is 4. The van der Waals surface area contributed by atoms with Gasteiger partial charge in [0.1, 0.15) is 0 Å². The van der Waals surface area contributed by atoms with E-state index in [1.54, 1.807) is 0 Å². The molecule has 0 saturated heterocycles. The van der Waals surface area contributed by atoms with Crippen LogP contribution in [0.1, 0.15) is 31.0 Å². The second kappa shape index (κ2) is 4.46. The van der Waals surface area contributed by atoms with E-state index in [-0.39, 0.29) is 0 Å². The lowest BCUT2D eigenvalue weighted by Gasteiger charge is -2.00. The van der Waals surface area contributed by atoms with Crippen molar-refractivity contribution >= 4 is 26.8 Å². The zero-order chi connectivity index (χ0) is 11.8. The molecule has 1 aromatic carbocycles. The van der Waals surface area contributed by atoms with Gasteiger partial charge in [-0.25, -0.2) is 0 Å². The van der Waals surface area contributed by atoms with E-state index < -0.39 is 0 Å². The first-order chi connectivity index (χ1) is 8.29. The minimum absolute atomic E-state index is 0.749. The van der Waals surface area contributed by atoms with Crippen LogP contribution in [0.15, 0.2) is 22.7 Å². The molecule has 0 aliphatic heterocycles. The quantitative estimate of drug-likeness (QED) is 0.883. The molecule has 0 atom stereocenters. The van der Waals surface area contributed by atoms with Crippen molar-refractivity contribution < 1.29 is 0 Å². The molecule has 3 rings (SSSR count). The molecule has 1 aliphatic rings. The van der Waals surface area contributed by atoms with Gasteiger partial charge in [0, 0.05) is 28.1 Å². The Morgan fingerprint density at radius 3 is 2.94 bits per heavy atom. The number of halogens is 1. The molecule has 2 nitrogen and oxygen atoms in total. The number of hydrogen-bond acceptors (Lipinski definition) is 1. The Morgan fingerprint density at radius 1 is 1.41 bits per heavy atom. The van der Waals surface area contributed by atoms with E-state index in [4.69, 9.17) is 0 Å². The number of H-pyrrole nitrogens is 1. The number of para-hydroxylation sites is 1. The van der Waals surface area contributed by atoms with Crippen molar-refractivity contribution in [2.24, 2.45) is 0 Å². The first-order valence-electron chi connectivity index (χ1n) is 6.31. The Balaban J connectivity index is 1.97. The molecule has 1 saturated carbocycles. The predicted molar refractivity (Wildman–Crippen MR) is 75.2 cm³/mol. The maximum atomic E-state index is 3.71. The normalized spacial score (nSPS) is 15.6. The van der Waals surface area contributed by atoms with Crippen molar-refractivity contribution in [1.29, 1.82) is 0 Å². The molecule has 1 fully saturated rings. The number of nitrogens with one attached hydrogen (secondary N) is 2. The van der Waals surface area contributed by atoms with Gasteiger partial charge in [-0.3, -0.25) is 0 Å². The Hall–Kier alpha value is -0.800. The average Bonchev–Trinajstić information content (AvgIpc) is 3.12. The monoisotopic (exact) mass is 292 g/mol. The summed E-state index contributed by atoms with van der Waals surface area (Å²) < 4.78 is 1.22. The lowest BCUT2D eigenvalue weighted by atomic mass is 10.1. The Kier molecular flexibility index (Phi) is 2.97. The Labute approximate surface area is 110 Å². The smallest absolute Gasteiger partial charge is 0.0500 e. The van der Waals surface area contributed by atoms with Crippen LogP contribution in [0.5, 0.6) is 0 Å². The third-order valence-corrected chi connectivity index (χ3v) is 4.36.